The second-order valence-electron chi connectivity index (χ2n) is 5.66. The molecule has 1 aliphatic rings. The molecule has 0 bridgehead atoms. The molecule has 0 saturated heterocycles. The Labute approximate surface area is 136 Å². The maximum atomic E-state index is 12.2. The number of hydrogen-bond acceptors (Lipinski definition) is 5. The monoisotopic (exact) mass is 326 g/mol. The van der Waals surface area contributed by atoms with Crippen molar-refractivity contribution in [3.05, 3.63) is 12.2 Å². The van der Waals surface area contributed by atoms with Crippen molar-refractivity contribution in [1.29, 1.82) is 0 Å². The number of esters is 1. The maximum Gasteiger partial charge on any atom is 0.305 e. The first-order valence-electron chi connectivity index (χ1n) is 8.01. The topological polar surface area (TPSA) is 105 Å². The van der Waals surface area contributed by atoms with E-state index in [9.17, 15) is 14.4 Å². The molecular weight excluding hydrogens is 300 g/mol. The largest absolute Gasteiger partial charge is 0.464 e. The first kappa shape index (κ1) is 19.2. The minimum absolute atomic E-state index is 0.0559. The lowest BCUT2D eigenvalue weighted by Gasteiger charge is -2.17. The van der Waals surface area contributed by atoms with Crippen LogP contribution in [-0.2, 0) is 19.1 Å². The number of amides is 2. The van der Waals surface area contributed by atoms with E-state index in [-0.39, 0.29) is 50.0 Å². The molecule has 0 aliphatic carbocycles. The van der Waals surface area contributed by atoms with Gasteiger partial charge in [-0.05, 0) is 26.2 Å². The van der Waals surface area contributed by atoms with Gasteiger partial charge >= 0.3 is 5.97 Å². The fourth-order valence-corrected chi connectivity index (χ4v) is 2.18. The summed E-state index contributed by atoms with van der Waals surface area (Å²) >= 11 is 0. The van der Waals surface area contributed by atoms with Gasteiger partial charge in [-0.3, -0.25) is 14.4 Å². The number of aliphatic hydroxyl groups excluding tert-OH is 1. The van der Waals surface area contributed by atoms with Crippen molar-refractivity contribution in [1.82, 2.24) is 10.6 Å². The van der Waals surface area contributed by atoms with Gasteiger partial charge < -0.3 is 20.5 Å². The summed E-state index contributed by atoms with van der Waals surface area (Å²) in [4.78, 5) is 35.5. The van der Waals surface area contributed by atoms with Crippen LogP contribution in [0.15, 0.2) is 12.2 Å². The highest BCUT2D eigenvalue weighted by molar-refractivity contribution is 5.86. The molecule has 23 heavy (non-hydrogen) atoms. The summed E-state index contributed by atoms with van der Waals surface area (Å²) in [6.07, 6.45) is 6.11. The highest BCUT2D eigenvalue weighted by Crippen LogP contribution is 2.12. The lowest BCUT2D eigenvalue weighted by molar-refractivity contribution is -0.144. The first-order chi connectivity index (χ1) is 11.0. The second-order valence-corrected chi connectivity index (χ2v) is 5.66. The van der Waals surface area contributed by atoms with Crippen LogP contribution in [0.4, 0.5) is 0 Å². The van der Waals surface area contributed by atoms with Crippen LogP contribution in [0.3, 0.4) is 0 Å². The number of carbonyl (C=O) groups is 3. The number of carbonyl (C=O) groups excluding carboxylic acids is 3. The molecule has 0 aromatic rings. The molecular formula is C16H26N2O5. The fourth-order valence-electron chi connectivity index (χ4n) is 2.18. The molecule has 7 nitrogen and oxygen atoms in total. The number of cyclic esters (lactones) is 1. The molecule has 2 amide bonds. The van der Waals surface area contributed by atoms with Crippen molar-refractivity contribution in [2.75, 3.05) is 19.8 Å². The van der Waals surface area contributed by atoms with Gasteiger partial charge in [-0.25, -0.2) is 0 Å². The molecule has 2 unspecified atom stereocenters. The van der Waals surface area contributed by atoms with Gasteiger partial charge in [-0.1, -0.05) is 12.2 Å². The zero-order chi connectivity index (χ0) is 17.1. The van der Waals surface area contributed by atoms with E-state index in [4.69, 9.17) is 9.84 Å². The van der Waals surface area contributed by atoms with Crippen LogP contribution in [-0.4, -0.2) is 48.7 Å². The quantitative estimate of drug-likeness (QED) is 0.508. The van der Waals surface area contributed by atoms with Gasteiger partial charge in [-0.15, -0.1) is 0 Å². The van der Waals surface area contributed by atoms with Gasteiger partial charge in [0.05, 0.1) is 19.1 Å². The number of aliphatic hydroxyl groups is 1. The van der Waals surface area contributed by atoms with Gasteiger partial charge in [0.15, 0.2) is 0 Å². The summed E-state index contributed by atoms with van der Waals surface area (Å²) in [6.45, 7) is 1.92. The van der Waals surface area contributed by atoms with Crippen LogP contribution in [0.25, 0.3) is 0 Å². The normalized spacial score (nSPS) is 21.9. The molecule has 0 radical (unpaired) electrons. The third-order valence-electron chi connectivity index (χ3n) is 3.49. The van der Waals surface area contributed by atoms with Crippen molar-refractivity contribution in [2.45, 2.75) is 45.1 Å². The molecule has 0 fully saturated rings. The number of allylic oxidation sites excluding steroid dienone is 2. The van der Waals surface area contributed by atoms with Crippen LogP contribution in [0.1, 0.15) is 39.0 Å². The summed E-state index contributed by atoms with van der Waals surface area (Å²) in [5.41, 5.74) is 0. The van der Waals surface area contributed by atoms with Gasteiger partial charge in [0, 0.05) is 18.9 Å². The Morgan fingerprint density at radius 1 is 1.48 bits per heavy atom. The van der Waals surface area contributed by atoms with E-state index in [1.807, 2.05) is 12.2 Å². The zero-order valence-corrected chi connectivity index (χ0v) is 13.5. The minimum atomic E-state index is -0.478. The third-order valence-corrected chi connectivity index (χ3v) is 3.49. The second kappa shape index (κ2) is 10.8. The molecule has 0 aromatic carbocycles. The van der Waals surface area contributed by atoms with E-state index in [2.05, 4.69) is 10.6 Å². The van der Waals surface area contributed by atoms with E-state index in [0.717, 1.165) is 6.42 Å². The van der Waals surface area contributed by atoms with Gasteiger partial charge in [0.25, 0.3) is 0 Å². The van der Waals surface area contributed by atoms with Crippen LogP contribution in [0.2, 0.25) is 0 Å². The van der Waals surface area contributed by atoms with Gasteiger partial charge in [-0.2, -0.15) is 0 Å². The first-order valence-corrected chi connectivity index (χ1v) is 8.01. The summed E-state index contributed by atoms with van der Waals surface area (Å²) in [7, 11) is 0. The van der Waals surface area contributed by atoms with Crippen LogP contribution in [0, 0.1) is 5.92 Å². The predicted octanol–water partition coefficient (Wildman–Crippen LogP) is 0.279. The molecule has 1 aliphatic heterocycles. The fraction of sp³-hybridized carbons (Fsp3) is 0.688. The number of ether oxygens (including phenoxy) is 1. The molecule has 2 atom stereocenters. The highest BCUT2D eigenvalue weighted by atomic mass is 16.5. The Bertz CT molecular complexity index is 436. The molecule has 3 N–H and O–H groups in total. The molecule has 0 spiro atoms. The van der Waals surface area contributed by atoms with Gasteiger partial charge in [0.1, 0.15) is 6.61 Å². The molecule has 1 rings (SSSR count). The zero-order valence-electron chi connectivity index (χ0n) is 13.5. The average molecular weight is 326 g/mol. The van der Waals surface area contributed by atoms with E-state index in [0.29, 0.717) is 19.3 Å². The summed E-state index contributed by atoms with van der Waals surface area (Å²) in [5, 5.41) is 14.3. The smallest absolute Gasteiger partial charge is 0.305 e. The van der Waals surface area contributed by atoms with E-state index < -0.39 is 5.92 Å². The minimum Gasteiger partial charge on any atom is -0.464 e. The summed E-state index contributed by atoms with van der Waals surface area (Å²) < 4.78 is 5.00. The number of nitrogens with one attached hydrogen (secondary N) is 2. The van der Waals surface area contributed by atoms with Crippen molar-refractivity contribution in [3.63, 3.8) is 0 Å². The Morgan fingerprint density at radius 3 is 3.00 bits per heavy atom. The Kier molecular flexibility index (Phi) is 8.97. The molecule has 1 heterocycles. The lowest BCUT2D eigenvalue weighted by atomic mass is 9.99. The van der Waals surface area contributed by atoms with Crippen LogP contribution >= 0.6 is 0 Å². The van der Waals surface area contributed by atoms with Crippen LogP contribution in [0.5, 0.6) is 0 Å². The van der Waals surface area contributed by atoms with Crippen molar-refractivity contribution < 1.29 is 24.2 Å². The average Bonchev–Trinajstić information content (AvgIpc) is 2.53. The Morgan fingerprint density at radius 2 is 2.26 bits per heavy atom. The molecule has 7 heteroatoms. The Balaban J connectivity index is 2.60. The standard InChI is InChI=1S/C16H26N2O5/c1-12(11-19)18-14(20)10-13-6-4-2-3-5-7-15(21)23-9-8-17-16(13)22/h2,4,12-13,19H,3,5-11H2,1H3,(H,17,22)(H,18,20). The highest BCUT2D eigenvalue weighted by Gasteiger charge is 2.21. The molecule has 0 aromatic heterocycles. The molecule has 130 valence electrons. The van der Waals surface area contributed by atoms with Gasteiger partial charge in [0.2, 0.25) is 11.8 Å². The van der Waals surface area contributed by atoms with E-state index in [1.165, 1.54) is 0 Å². The third kappa shape index (κ3) is 8.35. The van der Waals surface area contributed by atoms with Crippen molar-refractivity contribution in [2.24, 2.45) is 5.92 Å². The summed E-state index contributed by atoms with van der Waals surface area (Å²) in [6, 6.07) is -0.338. The maximum absolute atomic E-state index is 12.2. The van der Waals surface area contributed by atoms with Crippen LogP contribution < -0.4 is 10.6 Å². The lowest BCUT2D eigenvalue weighted by Crippen LogP contribution is -2.39. The van der Waals surface area contributed by atoms with E-state index >= 15 is 0 Å². The SMILES string of the molecule is CC(CO)NC(=O)CC1CC=CCCCC(=O)OCCNC1=O. The van der Waals surface area contributed by atoms with E-state index in [1.54, 1.807) is 6.92 Å². The number of rotatable bonds is 4. The van der Waals surface area contributed by atoms with Crippen molar-refractivity contribution in [3.8, 4) is 0 Å². The number of hydrogen-bond donors (Lipinski definition) is 3. The predicted molar refractivity (Wildman–Crippen MR) is 84.4 cm³/mol. The molecule has 0 saturated carbocycles. The van der Waals surface area contributed by atoms with Crippen molar-refractivity contribution >= 4 is 17.8 Å². The summed E-state index contributed by atoms with van der Waals surface area (Å²) in [5.74, 6) is -1.25. The Hall–Kier alpha value is -1.89.